The van der Waals surface area contributed by atoms with Gasteiger partial charge < -0.3 is 14.4 Å². The number of rotatable bonds is 4. The Morgan fingerprint density at radius 2 is 2.17 bits per heavy atom. The van der Waals surface area contributed by atoms with E-state index in [1.165, 1.54) is 0 Å². The van der Waals surface area contributed by atoms with Crippen LogP contribution in [0, 0.1) is 12.3 Å². The number of carbonyl (C=O) groups is 2. The van der Waals surface area contributed by atoms with Crippen molar-refractivity contribution in [3.63, 3.8) is 0 Å². The van der Waals surface area contributed by atoms with Crippen molar-refractivity contribution in [2.45, 2.75) is 45.6 Å². The van der Waals surface area contributed by atoms with Crippen molar-refractivity contribution < 1.29 is 9.59 Å². The molecule has 2 amide bonds. The number of likely N-dealkylation sites (tertiary alicyclic amines) is 2. The van der Waals surface area contributed by atoms with E-state index in [9.17, 15) is 9.59 Å². The molecule has 1 atom stereocenters. The lowest BCUT2D eigenvalue weighted by molar-refractivity contribution is -0.144. The first-order valence-corrected chi connectivity index (χ1v) is 8.53. The van der Waals surface area contributed by atoms with Gasteiger partial charge >= 0.3 is 0 Å². The predicted molar refractivity (Wildman–Crippen MR) is 86.7 cm³/mol. The molecular formula is C17H26N4O2. The lowest BCUT2D eigenvalue weighted by Gasteiger charge is -2.37. The van der Waals surface area contributed by atoms with Crippen LogP contribution in [0.15, 0.2) is 12.4 Å². The van der Waals surface area contributed by atoms with Gasteiger partial charge in [-0.15, -0.1) is 0 Å². The summed E-state index contributed by atoms with van der Waals surface area (Å²) in [6.45, 7) is 4.97. The summed E-state index contributed by atoms with van der Waals surface area (Å²) in [7, 11) is 1.88. The molecule has 0 aliphatic carbocycles. The van der Waals surface area contributed by atoms with E-state index in [1.807, 2.05) is 30.0 Å². The zero-order valence-electron chi connectivity index (χ0n) is 14.1. The fourth-order valence-corrected chi connectivity index (χ4v) is 3.93. The fourth-order valence-electron chi connectivity index (χ4n) is 3.93. The van der Waals surface area contributed by atoms with Crippen LogP contribution in [-0.2, 0) is 16.1 Å². The van der Waals surface area contributed by atoms with Crippen LogP contribution in [0.4, 0.5) is 0 Å². The number of hydrogen-bond acceptors (Lipinski definition) is 3. The van der Waals surface area contributed by atoms with E-state index in [0.717, 1.165) is 51.1 Å². The first-order valence-electron chi connectivity index (χ1n) is 8.53. The van der Waals surface area contributed by atoms with Crippen molar-refractivity contribution in [2.24, 2.45) is 5.41 Å². The van der Waals surface area contributed by atoms with Gasteiger partial charge in [0.2, 0.25) is 11.8 Å². The molecule has 0 radical (unpaired) electrons. The summed E-state index contributed by atoms with van der Waals surface area (Å²) in [5, 5.41) is 0. The Kier molecular flexibility index (Phi) is 4.41. The third-order valence-electron chi connectivity index (χ3n) is 5.37. The van der Waals surface area contributed by atoms with Gasteiger partial charge in [-0.25, -0.2) is 4.98 Å². The Hall–Kier alpha value is -1.85. The van der Waals surface area contributed by atoms with Gasteiger partial charge in [0.1, 0.15) is 5.82 Å². The van der Waals surface area contributed by atoms with Gasteiger partial charge in [-0.3, -0.25) is 9.59 Å². The number of aromatic nitrogens is 2. The molecule has 0 aromatic carbocycles. The number of carbonyl (C=O) groups excluding carboxylic acids is 2. The second kappa shape index (κ2) is 6.34. The maximum Gasteiger partial charge on any atom is 0.230 e. The molecule has 6 nitrogen and oxygen atoms in total. The minimum atomic E-state index is -0.302. The molecule has 3 rings (SSSR count). The van der Waals surface area contributed by atoms with Crippen LogP contribution in [0.25, 0.3) is 0 Å². The highest BCUT2D eigenvalue weighted by atomic mass is 16.2. The van der Waals surface area contributed by atoms with Crippen LogP contribution >= 0.6 is 0 Å². The molecule has 23 heavy (non-hydrogen) atoms. The van der Waals surface area contributed by atoms with Crippen molar-refractivity contribution in [3.8, 4) is 0 Å². The summed E-state index contributed by atoms with van der Waals surface area (Å²) >= 11 is 0. The molecule has 2 fully saturated rings. The van der Waals surface area contributed by atoms with E-state index in [4.69, 9.17) is 0 Å². The van der Waals surface area contributed by atoms with Crippen LogP contribution < -0.4 is 0 Å². The lowest BCUT2D eigenvalue weighted by Crippen LogP contribution is -2.48. The van der Waals surface area contributed by atoms with Crippen LogP contribution in [0.1, 0.15) is 37.9 Å². The Morgan fingerprint density at radius 3 is 2.91 bits per heavy atom. The van der Waals surface area contributed by atoms with Crippen LogP contribution in [0.5, 0.6) is 0 Å². The summed E-state index contributed by atoms with van der Waals surface area (Å²) in [4.78, 5) is 32.9. The molecule has 6 heteroatoms. The lowest BCUT2D eigenvalue weighted by atomic mass is 9.78. The van der Waals surface area contributed by atoms with Crippen molar-refractivity contribution in [1.29, 1.82) is 0 Å². The predicted octanol–water partition coefficient (Wildman–Crippen LogP) is 1.44. The molecule has 0 bridgehead atoms. The summed E-state index contributed by atoms with van der Waals surface area (Å²) in [5.41, 5.74) is -0.302. The van der Waals surface area contributed by atoms with Crippen molar-refractivity contribution >= 4 is 11.8 Å². The number of hydrogen-bond donors (Lipinski definition) is 0. The van der Waals surface area contributed by atoms with Crippen molar-refractivity contribution in [1.82, 2.24) is 19.4 Å². The third-order valence-corrected chi connectivity index (χ3v) is 5.37. The van der Waals surface area contributed by atoms with Gasteiger partial charge in [0.05, 0.1) is 5.41 Å². The number of imidazole rings is 1. The summed E-state index contributed by atoms with van der Waals surface area (Å²) in [6, 6.07) is 0. The highest BCUT2D eigenvalue weighted by molar-refractivity contribution is 5.85. The minimum Gasteiger partial charge on any atom is -0.345 e. The Morgan fingerprint density at radius 1 is 1.35 bits per heavy atom. The second-order valence-electron chi connectivity index (χ2n) is 6.95. The number of amides is 2. The standard InChI is InChI=1S/C17H26N4O2/c1-14-18-8-12-20(14)10-3-5-15(22)21-11-7-17(13-21)6-4-9-19(2)16(17)23/h8,12H,3-7,9-11,13H2,1-2H3/t17-/m1/s1. The SMILES string of the molecule is Cc1nccn1CCCC(=O)N1CC[C@]2(CCCN(C)C2=O)C1. The summed E-state index contributed by atoms with van der Waals surface area (Å²) in [5.74, 6) is 1.39. The van der Waals surface area contributed by atoms with E-state index in [1.54, 1.807) is 6.20 Å². The third kappa shape index (κ3) is 3.12. The molecule has 1 spiro atoms. The number of aryl methyl sites for hydroxylation is 2. The fraction of sp³-hybridized carbons (Fsp3) is 0.706. The van der Waals surface area contributed by atoms with Crippen molar-refractivity contribution in [2.75, 3.05) is 26.7 Å². The largest absolute Gasteiger partial charge is 0.345 e. The molecule has 0 saturated carbocycles. The van der Waals surface area contributed by atoms with Gasteiger partial charge in [-0.05, 0) is 32.6 Å². The van der Waals surface area contributed by atoms with E-state index >= 15 is 0 Å². The normalized spacial score (nSPS) is 24.7. The van der Waals surface area contributed by atoms with Crippen molar-refractivity contribution in [3.05, 3.63) is 18.2 Å². The topological polar surface area (TPSA) is 58.4 Å². The summed E-state index contributed by atoms with van der Waals surface area (Å²) in [6.07, 6.45) is 7.87. The molecule has 126 valence electrons. The van der Waals surface area contributed by atoms with E-state index in [-0.39, 0.29) is 17.2 Å². The molecule has 1 aromatic rings. The smallest absolute Gasteiger partial charge is 0.230 e. The molecule has 3 heterocycles. The van der Waals surface area contributed by atoms with Gasteiger partial charge in [0, 0.05) is 52.0 Å². The van der Waals surface area contributed by atoms with E-state index in [2.05, 4.69) is 9.55 Å². The Balaban J connectivity index is 1.51. The average molecular weight is 318 g/mol. The highest BCUT2D eigenvalue weighted by Crippen LogP contribution is 2.39. The maximum absolute atomic E-state index is 12.5. The quantitative estimate of drug-likeness (QED) is 0.844. The molecule has 0 unspecified atom stereocenters. The van der Waals surface area contributed by atoms with Gasteiger partial charge in [-0.1, -0.05) is 0 Å². The Bertz CT molecular complexity index is 597. The maximum atomic E-state index is 12.5. The minimum absolute atomic E-state index is 0.181. The van der Waals surface area contributed by atoms with Gasteiger partial charge in [0.15, 0.2) is 0 Å². The van der Waals surface area contributed by atoms with Crippen LogP contribution in [0.3, 0.4) is 0 Å². The highest BCUT2D eigenvalue weighted by Gasteiger charge is 2.48. The Labute approximate surface area is 137 Å². The first-order chi connectivity index (χ1) is 11.0. The molecule has 0 N–H and O–H groups in total. The van der Waals surface area contributed by atoms with Gasteiger partial charge in [-0.2, -0.15) is 0 Å². The van der Waals surface area contributed by atoms with Gasteiger partial charge in [0.25, 0.3) is 0 Å². The number of piperidine rings is 1. The van der Waals surface area contributed by atoms with E-state index < -0.39 is 0 Å². The molecule has 2 aliphatic heterocycles. The zero-order chi connectivity index (χ0) is 16.4. The van der Waals surface area contributed by atoms with Crippen LogP contribution in [-0.4, -0.2) is 57.8 Å². The first kappa shape index (κ1) is 16.0. The molecule has 2 aliphatic rings. The number of nitrogens with zero attached hydrogens (tertiary/aromatic N) is 4. The molecule has 1 aromatic heterocycles. The summed E-state index contributed by atoms with van der Waals surface area (Å²) < 4.78 is 2.07. The van der Waals surface area contributed by atoms with E-state index in [0.29, 0.717) is 13.0 Å². The zero-order valence-corrected chi connectivity index (χ0v) is 14.1. The average Bonchev–Trinajstić information content (AvgIpc) is 3.13. The second-order valence-corrected chi connectivity index (χ2v) is 6.95. The molecule has 2 saturated heterocycles. The van der Waals surface area contributed by atoms with Crippen LogP contribution in [0.2, 0.25) is 0 Å². The molecular weight excluding hydrogens is 292 g/mol. The monoisotopic (exact) mass is 318 g/mol.